The van der Waals surface area contributed by atoms with Crippen molar-refractivity contribution in [3.05, 3.63) is 36.4 Å². The van der Waals surface area contributed by atoms with Crippen LogP contribution in [0.15, 0.2) is 46.2 Å². The minimum atomic E-state index is -3.53. The zero-order valence-electron chi connectivity index (χ0n) is 15.7. The van der Waals surface area contributed by atoms with Gasteiger partial charge in [-0.25, -0.2) is 8.42 Å². The maximum atomic E-state index is 12.9. The second-order valence-corrected chi connectivity index (χ2v) is 8.32. The topological polar surface area (TPSA) is 76.7 Å². The van der Waals surface area contributed by atoms with Gasteiger partial charge in [-0.3, -0.25) is 0 Å². The van der Waals surface area contributed by atoms with Crippen LogP contribution in [0.4, 0.5) is 0 Å². The molecule has 2 aromatic rings. The Bertz CT molecular complexity index is 897. The van der Waals surface area contributed by atoms with Gasteiger partial charge >= 0.3 is 0 Å². The SMILES string of the molecule is CNCCCOc1ccc2c(c1)-c1ccc(OCCCNC)cc1S2(=O)=O. The second-order valence-electron chi connectivity index (χ2n) is 6.43. The molecule has 27 heavy (non-hydrogen) atoms. The summed E-state index contributed by atoms with van der Waals surface area (Å²) in [6.45, 7) is 2.85. The summed E-state index contributed by atoms with van der Waals surface area (Å²) < 4.78 is 37.2. The highest BCUT2D eigenvalue weighted by molar-refractivity contribution is 7.92. The van der Waals surface area contributed by atoms with E-state index in [1.165, 1.54) is 0 Å². The fraction of sp³-hybridized carbons (Fsp3) is 0.400. The molecule has 0 amide bonds. The summed E-state index contributed by atoms with van der Waals surface area (Å²) in [6, 6.07) is 10.4. The number of rotatable bonds is 10. The summed E-state index contributed by atoms with van der Waals surface area (Å²) >= 11 is 0. The fourth-order valence-corrected chi connectivity index (χ4v) is 4.76. The predicted octanol–water partition coefficient (Wildman–Crippen LogP) is 2.48. The van der Waals surface area contributed by atoms with Gasteiger partial charge in [0.05, 0.1) is 23.0 Å². The van der Waals surface area contributed by atoms with Crippen molar-refractivity contribution in [3.8, 4) is 22.6 Å². The Hall–Kier alpha value is -2.09. The molecule has 0 saturated heterocycles. The van der Waals surface area contributed by atoms with Gasteiger partial charge in [0.15, 0.2) is 0 Å². The normalized spacial score (nSPS) is 13.9. The number of ether oxygens (including phenoxy) is 2. The molecule has 6 nitrogen and oxygen atoms in total. The lowest BCUT2D eigenvalue weighted by Gasteiger charge is -2.08. The standard InChI is InChI=1S/C20H26N2O4S/c1-21-9-3-11-25-15-6-8-19-18(13-15)17-7-5-16(26-12-4-10-22-2)14-20(17)27(19,23)24/h5-8,13-14,21-22H,3-4,9-12H2,1-2H3. The Labute approximate surface area is 160 Å². The largest absolute Gasteiger partial charge is 0.494 e. The second kappa shape index (κ2) is 8.73. The first-order valence-corrected chi connectivity index (χ1v) is 10.6. The number of sulfone groups is 1. The van der Waals surface area contributed by atoms with E-state index in [0.29, 0.717) is 45.6 Å². The third-order valence-corrected chi connectivity index (χ3v) is 6.30. The van der Waals surface area contributed by atoms with Crippen LogP contribution in [-0.4, -0.2) is 48.8 Å². The molecule has 0 aromatic heterocycles. The Morgan fingerprint density at radius 3 is 2.00 bits per heavy atom. The smallest absolute Gasteiger partial charge is 0.207 e. The van der Waals surface area contributed by atoms with Gasteiger partial charge in [0.2, 0.25) is 9.84 Å². The monoisotopic (exact) mass is 390 g/mol. The van der Waals surface area contributed by atoms with E-state index >= 15 is 0 Å². The molecule has 0 fully saturated rings. The van der Waals surface area contributed by atoms with Gasteiger partial charge in [0.25, 0.3) is 0 Å². The number of benzene rings is 2. The molecular weight excluding hydrogens is 364 g/mol. The number of hydrogen-bond donors (Lipinski definition) is 2. The van der Waals surface area contributed by atoms with Gasteiger partial charge in [0.1, 0.15) is 11.5 Å². The van der Waals surface area contributed by atoms with E-state index in [1.54, 1.807) is 18.2 Å². The van der Waals surface area contributed by atoms with Crippen LogP contribution in [0.3, 0.4) is 0 Å². The van der Waals surface area contributed by atoms with Crippen molar-refractivity contribution in [1.29, 1.82) is 0 Å². The van der Waals surface area contributed by atoms with Crippen LogP contribution in [-0.2, 0) is 9.84 Å². The summed E-state index contributed by atoms with van der Waals surface area (Å²) in [7, 11) is 0.259. The Morgan fingerprint density at radius 1 is 0.778 bits per heavy atom. The van der Waals surface area contributed by atoms with Gasteiger partial charge in [-0.1, -0.05) is 0 Å². The molecule has 1 aliphatic heterocycles. The van der Waals surface area contributed by atoms with Gasteiger partial charge in [-0.15, -0.1) is 0 Å². The molecule has 146 valence electrons. The van der Waals surface area contributed by atoms with E-state index in [0.717, 1.165) is 25.9 Å². The van der Waals surface area contributed by atoms with Crippen LogP contribution in [0.25, 0.3) is 11.1 Å². The summed E-state index contributed by atoms with van der Waals surface area (Å²) in [6.07, 6.45) is 1.74. The summed E-state index contributed by atoms with van der Waals surface area (Å²) in [5.74, 6) is 1.25. The Kier molecular flexibility index (Phi) is 6.36. The van der Waals surface area contributed by atoms with Crippen LogP contribution < -0.4 is 20.1 Å². The van der Waals surface area contributed by atoms with Crippen molar-refractivity contribution in [1.82, 2.24) is 10.6 Å². The zero-order chi connectivity index (χ0) is 19.3. The van der Waals surface area contributed by atoms with Crippen molar-refractivity contribution in [2.75, 3.05) is 40.4 Å². The van der Waals surface area contributed by atoms with E-state index in [1.807, 2.05) is 32.3 Å². The highest BCUT2D eigenvalue weighted by Gasteiger charge is 2.33. The number of nitrogens with one attached hydrogen (secondary N) is 2. The highest BCUT2D eigenvalue weighted by Crippen LogP contribution is 2.45. The molecule has 2 N–H and O–H groups in total. The minimum Gasteiger partial charge on any atom is -0.494 e. The van der Waals surface area contributed by atoms with Gasteiger partial charge in [0, 0.05) is 11.1 Å². The van der Waals surface area contributed by atoms with Crippen molar-refractivity contribution in [2.24, 2.45) is 0 Å². The lowest BCUT2D eigenvalue weighted by Crippen LogP contribution is -2.11. The molecule has 1 heterocycles. The molecular formula is C20H26N2O4S. The molecule has 2 aromatic carbocycles. The van der Waals surface area contributed by atoms with Crippen molar-refractivity contribution in [2.45, 2.75) is 22.6 Å². The number of fused-ring (bicyclic) bond motifs is 3. The minimum absolute atomic E-state index is 0.302. The molecule has 3 rings (SSSR count). The lowest BCUT2D eigenvalue weighted by atomic mass is 10.1. The van der Waals surface area contributed by atoms with Crippen molar-refractivity contribution < 1.29 is 17.9 Å². The third kappa shape index (κ3) is 4.26. The molecule has 1 aliphatic rings. The first-order valence-electron chi connectivity index (χ1n) is 9.16. The van der Waals surface area contributed by atoms with Crippen molar-refractivity contribution >= 4 is 9.84 Å². The Morgan fingerprint density at radius 2 is 1.37 bits per heavy atom. The van der Waals surface area contributed by atoms with E-state index < -0.39 is 9.84 Å². The first-order chi connectivity index (χ1) is 13.1. The summed E-state index contributed by atoms with van der Waals surface area (Å²) in [5.41, 5.74) is 1.39. The summed E-state index contributed by atoms with van der Waals surface area (Å²) in [5, 5.41) is 6.13. The fourth-order valence-electron chi connectivity index (χ4n) is 3.08. The van der Waals surface area contributed by atoms with Crippen LogP contribution in [0.2, 0.25) is 0 Å². The molecule has 0 saturated carbocycles. The zero-order valence-corrected chi connectivity index (χ0v) is 16.6. The average Bonchev–Trinajstić information content (AvgIpc) is 2.89. The van der Waals surface area contributed by atoms with Crippen LogP contribution in [0.1, 0.15) is 12.8 Å². The molecule has 0 spiro atoms. The summed E-state index contributed by atoms with van der Waals surface area (Å²) in [4.78, 5) is 0.628. The lowest BCUT2D eigenvalue weighted by molar-refractivity contribution is 0.309. The Balaban J connectivity index is 1.81. The van der Waals surface area contributed by atoms with Crippen LogP contribution >= 0.6 is 0 Å². The maximum Gasteiger partial charge on any atom is 0.207 e. The van der Waals surface area contributed by atoms with Crippen molar-refractivity contribution in [3.63, 3.8) is 0 Å². The molecule has 0 atom stereocenters. The van der Waals surface area contributed by atoms with E-state index in [-0.39, 0.29) is 0 Å². The molecule has 7 heteroatoms. The highest BCUT2D eigenvalue weighted by atomic mass is 32.2. The van der Waals surface area contributed by atoms with E-state index in [4.69, 9.17) is 9.47 Å². The maximum absolute atomic E-state index is 12.9. The van der Waals surface area contributed by atoms with Gasteiger partial charge in [-0.05, 0) is 76.4 Å². The molecule has 0 aliphatic carbocycles. The number of hydrogen-bond acceptors (Lipinski definition) is 6. The third-order valence-electron chi connectivity index (χ3n) is 4.45. The molecule has 0 radical (unpaired) electrons. The first kappa shape index (κ1) is 19.7. The molecule has 0 bridgehead atoms. The molecule has 0 unspecified atom stereocenters. The van der Waals surface area contributed by atoms with Gasteiger partial charge in [-0.2, -0.15) is 0 Å². The van der Waals surface area contributed by atoms with Crippen LogP contribution in [0.5, 0.6) is 11.5 Å². The van der Waals surface area contributed by atoms with Gasteiger partial charge < -0.3 is 20.1 Å². The van der Waals surface area contributed by atoms with E-state index in [2.05, 4.69) is 10.6 Å². The van der Waals surface area contributed by atoms with Crippen LogP contribution in [0, 0.1) is 0 Å². The van der Waals surface area contributed by atoms with E-state index in [9.17, 15) is 8.42 Å². The predicted molar refractivity (Wildman–Crippen MR) is 105 cm³/mol. The average molecular weight is 391 g/mol. The quantitative estimate of drug-likeness (QED) is 0.518.